The average molecular weight is 175 g/mol. The zero-order chi connectivity index (χ0) is 9.68. The summed E-state index contributed by atoms with van der Waals surface area (Å²) in [7, 11) is 0. The van der Waals surface area contributed by atoms with Crippen LogP contribution in [0.1, 0.15) is 10.4 Å². The molecule has 66 valence electrons. The molecule has 1 rings (SSSR count). The van der Waals surface area contributed by atoms with Gasteiger partial charge >= 0.3 is 0 Å². The van der Waals surface area contributed by atoms with Crippen molar-refractivity contribution in [2.24, 2.45) is 5.22 Å². The first kappa shape index (κ1) is 9.12. The lowest BCUT2D eigenvalue weighted by Gasteiger charge is -2.10. The minimum absolute atomic E-state index is 0.595. The number of hydrogen-bond acceptors (Lipinski definition) is 3. The third-order valence-corrected chi connectivity index (χ3v) is 1.57. The molecule has 0 saturated carbocycles. The van der Waals surface area contributed by atoms with Gasteiger partial charge in [-0.05, 0) is 24.3 Å². The summed E-state index contributed by atoms with van der Waals surface area (Å²) in [6.45, 7) is 3.49. The third kappa shape index (κ3) is 1.99. The van der Waals surface area contributed by atoms with Crippen molar-refractivity contribution in [2.45, 2.75) is 0 Å². The van der Waals surface area contributed by atoms with E-state index < -0.39 is 0 Å². The Hall–Kier alpha value is -1.97. The lowest BCUT2D eigenvalue weighted by molar-refractivity contribution is 0.112. The number of aldehydes is 1. The van der Waals surface area contributed by atoms with Crippen molar-refractivity contribution in [1.29, 1.82) is 5.53 Å². The van der Waals surface area contributed by atoms with Crippen LogP contribution in [0, 0.1) is 5.53 Å². The van der Waals surface area contributed by atoms with Gasteiger partial charge in [-0.1, -0.05) is 11.8 Å². The first-order chi connectivity index (χ1) is 6.31. The minimum atomic E-state index is 0.595. The van der Waals surface area contributed by atoms with E-state index in [2.05, 4.69) is 11.8 Å². The molecule has 0 aliphatic heterocycles. The van der Waals surface area contributed by atoms with E-state index >= 15 is 0 Å². The van der Waals surface area contributed by atoms with E-state index in [0.29, 0.717) is 11.3 Å². The van der Waals surface area contributed by atoms with Gasteiger partial charge in [0.15, 0.2) is 0 Å². The minimum Gasteiger partial charge on any atom is -0.298 e. The Bertz CT molecular complexity index is 310. The lowest BCUT2D eigenvalue weighted by Crippen LogP contribution is -2.04. The summed E-state index contributed by atoms with van der Waals surface area (Å²) in [6.07, 6.45) is 2.18. The number of benzene rings is 1. The third-order valence-electron chi connectivity index (χ3n) is 1.57. The Morgan fingerprint density at radius 3 is 2.38 bits per heavy atom. The van der Waals surface area contributed by atoms with Crippen LogP contribution in [-0.4, -0.2) is 6.29 Å². The molecule has 0 unspecified atom stereocenters. The van der Waals surface area contributed by atoms with E-state index in [1.165, 1.54) is 11.2 Å². The summed E-state index contributed by atoms with van der Waals surface area (Å²) < 4.78 is 0. The number of hydrogen-bond donors (Lipinski definition) is 1. The molecule has 1 N–H and O–H groups in total. The van der Waals surface area contributed by atoms with Crippen molar-refractivity contribution in [3.8, 4) is 0 Å². The molecule has 0 aromatic heterocycles. The Labute approximate surface area is 76.0 Å². The molecule has 0 aliphatic rings. The predicted molar refractivity (Wildman–Crippen MR) is 49.7 cm³/mol. The number of nitrogens with zero attached hydrogens (tertiary/aromatic N) is 2. The van der Waals surface area contributed by atoms with Crippen LogP contribution in [0.2, 0.25) is 0 Å². The molecule has 1 aromatic carbocycles. The van der Waals surface area contributed by atoms with Crippen molar-refractivity contribution in [2.75, 3.05) is 5.01 Å². The summed E-state index contributed by atoms with van der Waals surface area (Å²) in [5.41, 5.74) is 8.11. The van der Waals surface area contributed by atoms with Crippen LogP contribution in [-0.2, 0) is 0 Å². The van der Waals surface area contributed by atoms with Crippen molar-refractivity contribution in [3.05, 3.63) is 42.6 Å². The van der Waals surface area contributed by atoms with Crippen LogP contribution in [0.15, 0.2) is 42.3 Å². The van der Waals surface area contributed by atoms with Gasteiger partial charge in [-0.15, -0.1) is 0 Å². The molecule has 0 heterocycles. The summed E-state index contributed by atoms with van der Waals surface area (Å²) in [6, 6.07) is 6.71. The summed E-state index contributed by atoms with van der Waals surface area (Å²) in [4.78, 5) is 10.3. The molecule has 0 spiro atoms. The first-order valence-electron chi connectivity index (χ1n) is 3.66. The molecule has 13 heavy (non-hydrogen) atoms. The van der Waals surface area contributed by atoms with Gasteiger partial charge in [0.25, 0.3) is 0 Å². The fourth-order valence-corrected chi connectivity index (χ4v) is 0.910. The van der Waals surface area contributed by atoms with Gasteiger partial charge in [-0.25, -0.2) is 5.01 Å². The molecule has 4 heteroatoms. The van der Waals surface area contributed by atoms with Crippen LogP contribution in [0.5, 0.6) is 0 Å². The molecule has 0 saturated heterocycles. The topological polar surface area (TPSA) is 56.5 Å². The SMILES string of the molecule is C=CN(N=N)c1ccc(C=O)cc1. The van der Waals surface area contributed by atoms with Crippen molar-refractivity contribution >= 4 is 12.0 Å². The van der Waals surface area contributed by atoms with E-state index in [4.69, 9.17) is 5.53 Å². The van der Waals surface area contributed by atoms with E-state index in [9.17, 15) is 4.79 Å². The maximum atomic E-state index is 10.3. The van der Waals surface area contributed by atoms with Crippen molar-refractivity contribution in [3.63, 3.8) is 0 Å². The first-order valence-corrected chi connectivity index (χ1v) is 3.66. The maximum Gasteiger partial charge on any atom is 0.150 e. The van der Waals surface area contributed by atoms with Crippen LogP contribution < -0.4 is 5.01 Å². The van der Waals surface area contributed by atoms with Gasteiger partial charge in [0.1, 0.15) is 6.29 Å². The number of nitrogens with one attached hydrogen (secondary N) is 1. The lowest BCUT2D eigenvalue weighted by atomic mass is 10.2. The maximum absolute atomic E-state index is 10.3. The molecular formula is C9H9N3O. The molecule has 0 radical (unpaired) electrons. The average Bonchev–Trinajstić information content (AvgIpc) is 2.21. The summed E-state index contributed by atoms with van der Waals surface area (Å²) >= 11 is 0. The van der Waals surface area contributed by atoms with Gasteiger partial charge in [0, 0.05) is 11.8 Å². The largest absolute Gasteiger partial charge is 0.298 e. The standard InChI is InChI=1S/C9H9N3O/c1-2-12(11-10)9-5-3-8(7-13)4-6-9/h2-7,10H,1H2. The normalized spacial score (nSPS) is 8.92. The van der Waals surface area contributed by atoms with E-state index in [0.717, 1.165) is 6.29 Å². The van der Waals surface area contributed by atoms with Gasteiger partial charge in [0.2, 0.25) is 0 Å². The van der Waals surface area contributed by atoms with Crippen molar-refractivity contribution in [1.82, 2.24) is 0 Å². The molecule has 0 amide bonds. The molecule has 0 bridgehead atoms. The van der Waals surface area contributed by atoms with Crippen molar-refractivity contribution < 1.29 is 4.79 Å². The Kier molecular flexibility index (Phi) is 2.92. The summed E-state index contributed by atoms with van der Waals surface area (Å²) in [5, 5.41) is 4.51. The Morgan fingerprint density at radius 1 is 1.38 bits per heavy atom. The predicted octanol–water partition coefficient (Wildman–Crippen LogP) is 2.39. The fraction of sp³-hybridized carbons (Fsp3) is 0. The second kappa shape index (κ2) is 4.15. The van der Waals surface area contributed by atoms with Crippen LogP contribution >= 0.6 is 0 Å². The van der Waals surface area contributed by atoms with Gasteiger partial charge in [-0.3, -0.25) is 4.79 Å². The highest BCUT2D eigenvalue weighted by atomic mass is 16.1. The quantitative estimate of drug-likeness (QED) is 0.434. The highest BCUT2D eigenvalue weighted by Gasteiger charge is 1.98. The molecule has 0 fully saturated rings. The number of carbonyl (C=O) groups excluding carboxylic acids is 1. The van der Waals surface area contributed by atoms with Crippen LogP contribution in [0.3, 0.4) is 0 Å². The Balaban J connectivity index is 2.96. The highest BCUT2D eigenvalue weighted by Crippen LogP contribution is 2.14. The second-order valence-electron chi connectivity index (χ2n) is 2.34. The monoisotopic (exact) mass is 175 g/mol. The second-order valence-corrected chi connectivity index (χ2v) is 2.34. The fourth-order valence-electron chi connectivity index (χ4n) is 0.910. The molecule has 0 aliphatic carbocycles. The smallest absolute Gasteiger partial charge is 0.150 e. The van der Waals surface area contributed by atoms with E-state index in [1.807, 2.05) is 0 Å². The number of carbonyl (C=O) groups is 1. The zero-order valence-electron chi connectivity index (χ0n) is 6.97. The highest BCUT2D eigenvalue weighted by molar-refractivity contribution is 5.75. The zero-order valence-corrected chi connectivity index (χ0v) is 6.97. The van der Waals surface area contributed by atoms with Gasteiger partial charge in [0.05, 0.1) is 5.69 Å². The van der Waals surface area contributed by atoms with Crippen LogP contribution in [0.25, 0.3) is 0 Å². The molecule has 1 aromatic rings. The van der Waals surface area contributed by atoms with E-state index in [1.54, 1.807) is 24.3 Å². The Morgan fingerprint density at radius 2 is 2.00 bits per heavy atom. The van der Waals surface area contributed by atoms with Crippen LogP contribution in [0.4, 0.5) is 5.69 Å². The summed E-state index contributed by atoms with van der Waals surface area (Å²) in [5.74, 6) is 0. The van der Waals surface area contributed by atoms with Gasteiger partial charge in [-0.2, -0.15) is 5.53 Å². The van der Waals surface area contributed by atoms with Gasteiger partial charge < -0.3 is 0 Å². The molecule has 0 atom stereocenters. The molecule has 4 nitrogen and oxygen atoms in total. The number of anilines is 1. The number of rotatable bonds is 4. The van der Waals surface area contributed by atoms with E-state index in [-0.39, 0.29) is 0 Å². The molecular weight excluding hydrogens is 166 g/mol.